The average molecular weight is 407 g/mol. The number of carbonyl (C=O) groups excluding carboxylic acids is 1. The number of furan rings is 1. The highest BCUT2D eigenvalue weighted by molar-refractivity contribution is 5.90. The second-order valence-electron chi connectivity index (χ2n) is 6.85. The predicted molar refractivity (Wildman–Crippen MR) is 110 cm³/mol. The van der Waals surface area contributed by atoms with Crippen molar-refractivity contribution in [1.82, 2.24) is 14.9 Å². The number of ether oxygens (including phenoxy) is 1. The van der Waals surface area contributed by atoms with Crippen LogP contribution in [0.1, 0.15) is 11.3 Å². The molecule has 30 heavy (non-hydrogen) atoms. The molecule has 3 heterocycles. The van der Waals surface area contributed by atoms with Crippen LogP contribution in [0.4, 0.5) is 0 Å². The van der Waals surface area contributed by atoms with Crippen LogP contribution in [-0.2, 0) is 17.8 Å². The molecular formula is C22H21N3O5. The molecule has 0 unspecified atom stereocenters. The van der Waals surface area contributed by atoms with Crippen molar-refractivity contribution in [1.29, 1.82) is 0 Å². The molecule has 0 spiro atoms. The first kappa shape index (κ1) is 19.5. The molecule has 1 N–H and O–H groups in total. The summed E-state index contributed by atoms with van der Waals surface area (Å²) in [5.41, 5.74) is 1.38. The quantitative estimate of drug-likeness (QED) is 0.506. The summed E-state index contributed by atoms with van der Waals surface area (Å²) in [4.78, 5) is 29.0. The highest BCUT2D eigenvalue weighted by atomic mass is 16.5. The minimum Gasteiger partial charge on any atom is -0.497 e. The first-order valence-electron chi connectivity index (χ1n) is 9.48. The lowest BCUT2D eigenvalue weighted by Gasteiger charge is -2.07. The van der Waals surface area contributed by atoms with Crippen molar-refractivity contribution in [3.63, 3.8) is 0 Å². The van der Waals surface area contributed by atoms with Crippen LogP contribution in [0.2, 0.25) is 0 Å². The lowest BCUT2D eigenvalue weighted by atomic mass is 10.1. The Bertz CT molecular complexity index is 1220. The van der Waals surface area contributed by atoms with Crippen molar-refractivity contribution in [2.24, 2.45) is 0 Å². The van der Waals surface area contributed by atoms with E-state index in [4.69, 9.17) is 13.6 Å². The van der Waals surface area contributed by atoms with Crippen LogP contribution in [0.5, 0.6) is 5.75 Å². The van der Waals surface area contributed by atoms with E-state index >= 15 is 0 Å². The van der Waals surface area contributed by atoms with E-state index in [0.717, 1.165) is 5.56 Å². The number of amides is 1. The summed E-state index contributed by atoms with van der Waals surface area (Å²) in [6.07, 6.45) is 5.22. The maximum Gasteiger partial charge on any atom is 0.228 e. The topological polar surface area (TPSA) is 99.5 Å². The van der Waals surface area contributed by atoms with Gasteiger partial charge in [-0.2, -0.15) is 0 Å². The zero-order valence-electron chi connectivity index (χ0n) is 16.7. The van der Waals surface area contributed by atoms with Gasteiger partial charge in [-0.3, -0.25) is 9.59 Å². The van der Waals surface area contributed by atoms with Crippen molar-refractivity contribution < 1.29 is 18.4 Å². The third-order valence-corrected chi connectivity index (χ3v) is 4.72. The molecule has 0 bridgehead atoms. The first-order valence-corrected chi connectivity index (χ1v) is 9.48. The molecule has 1 aromatic carbocycles. The summed E-state index contributed by atoms with van der Waals surface area (Å²) in [5, 5.41) is 2.88. The van der Waals surface area contributed by atoms with Crippen molar-refractivity contribution in [2.45, 2.75) is 19.9 Å². The molecule has 0 aliphatic carbocycles. The van der Waals surface area contributed by atoms with Gasteiger partial charge in [0.15, 0.2) is 5.58 Å². The third-order valence-electron chi connectivity index (χ3n) is 4.72. The molecule has 4 rings (SSSR count). The van der Waals surface area contributed by atoms with E-state index in [0.29, 0.717) is 41.5 Å². The molecule has 0 radical (unpaired) electrons. The highest BCUT2D eigenvalue weighted by Crippen LogP contribution is 2.34. The van der Waals surface area contributed by atoms with Gasteiger partial charge in [0.2, 0.25) is 16.9 Å². The lowest BCUT2D eigenvalue weighted by Crippen LogP contribution is -2.28. The Hall–Kier alpha value is -3.81. The van der Waals surface area contributed by atoms with E-state index in [9.17, 15) is 9.59 Å². The first-order chi connectivity index (χ1) is 14.5. The molecule has 3 aromatic heterocycles. The summed E-state index contributed by atoms with van der Waals surface area (Å²) in [6.45, 7) is 2.75. The van der Waals surface area contributed by atoms with Crippen LogP contribution in [0.25, 0.3) is 22.5 Å². The van der Waals surface area contributed by atoms with Crippen LogP contribution in [0, 0.1) is 6.92 Å². The van der Waals surface area contributed by atoms with Gasteiger partial charge in [0.05, 0.1) is 25.4 Å². The third kappa shape index (κ3) is 3.98. The Kier molecular flexibility index (Phi) is 5.38. The fourth-order valence-corrected chi connectivity index (χ4v) is 3.26. The largest absolute Gasteiger partial charge is 0.497 e. The van der Waals surface area contributed by atoms with Gasteiger partial charge >= 0.3 is 0 Å². The van der Waals surface area contributed by atoms with Gasteiger partial charge in [-0.15, -0.1) is 0 Å². The Labute approximate surface area is 172 Å². The molecule has 0 aliphatic rings. The Morgan fingerprint density at radius 2 is 2.00 bits per heavy atom. The maximum atomic E-state index is 12.6. The van der Waals surface area contributed by atoms with E-state index in [1.165, 1.54) is 6.07 Å². The Morgan fingerprint density at radius 3 is 2.70 bits per heavy atom. The fourth-order valence-electron chi connectivity index (χ4n) is 3.26. The normalized spacial score (nSPS) is 11.0. The second kappa shape index (κ2) is 8.28. The number of nitrogens with zero attached hydrogens (tertiary/aromatic N) is 2. The zero-order valence-corrected chi connectivity index (χ0v) is 16.7. The number of fused-ring (bicyclic) bond motifs is 1. The van der Waals surface area contributed by atoms with Crippen LogP contribution in [0.15, 0.2) is 62.7 Å². The van der Waals surface area contributed by atoms with E-state index < -0.39 is 0 Å². The molecule has 8 nitrogen and oxygen atoms in total. The molecule has 0 aliphatic heterocycles. The maximum absolute atomic E-state index is 12.6. The molecule has 0 saturated carbocycles. The SMILES string of the molecule is COc1ccc(-c2oc3c(=O)cc(C)oc3c2CC(=O)NCCn2ccnc2)cc1. The summed E-state index contributed by atoms with van der Waals surface area (Å²) in [5.74, 6) is 1.38. The van der Waals surface area contributed by atoms with E-state index in [2.05, 4.69) is 10.3 Å². The number of hydrogen-bond donors (Lipinski definition) is 1. The van der Waals surface area contributed by atoms with Crippen molar-refractivity contribution in [3.05, 3.63) is 70.6 Å². The monoisotopic (exact) mass is 407 g/mol. The van der Waals surface area contributed by atoms with Gasteiger partial charge < -0.3 is 23.5 Å². The van der Waals surface area contributed by atoms with Crippen LogP contribution in [-0.4, -0.2) is 29.1 Å². The predicted octanol–water partition coefficient (Wildman–Crippen LogP) is 2.93. The number of nitrogens with one attached hydrogen (secondary N) is 1. The average Bonchev–Trinajstić information content (AvgIpc) is 3.37. The number of methoxy groups -OCH3 is 1. The summed E-state index contributed by atoms with van der Waals surface area (Å²) >= 11 is 0. The number of carbonyl (C=O) groups is 1. The molecule has 4 aromatic rings. The fraction of sp³-hybridized carbons (Fsp3) is 0.227. The summed E-state index contributed by atoms with van der Waals surface area (Å²) in [7, 11) is 1.58. The number of aryl methyl sites for hydroxylation is 1. The van der Waals surface area contributed by atoms with Crippen molar-refractivity contribution in [3.8, 4) is 17.1 Å². The Balaban J connectivity index is 1.65. The zero-order chi connectivity index (χ0) is 21.1. The van der Waals surface area contributed by atoms with Gasteiger partial charge in [0, 0.05) is 37.1 Å². The van der Waals surface area contributed by atoms with Crippen molar-refractivity contribution >= 4 is 17.1 Å². The van der Waals surface area contributed by atoms with Crippen LogP contribution in [0.3, 0.4) is 0 Å². The standard InChI is InChI=1S/C22H21N3O5/c1-14-11-18(26)22-21(29-14)17(12-19(27)24-8-10-25-9-7-23-13-25)20(30-22)15-3-5-16(28-2)6-4-15/h3-7,9,11,13H,8,10,12H2,1-2H3,(H,24,27). The minimum absolute atomic E-state index is 0.0185. The second-order valence-corrected chi connectivity index (χ2v) is 6.85. The van der Waals surface area contributed by atoms with E-state index in [1.54, 1.807) is 38.7 Å². The molecule has 0 fully saturated rings. The van der Waals surface area contributed by atoms with Crippen molar-refractivity contribution in [2.75, 3.05) is 13.7 Å². The minimum atomic E-state index is -0.282. The molecular weight excluding hydrogens is 386 g/mol. The molecule has 0 atom stereocenters. The van der Waals surface area contributed by atoms with E-state index in [-0.39, 0.29) is 23.3 Å². The van der Waals surface area contributed by atoms with Crippen LogP contribution < -0.4 is 15.5 Å². The molecule has 8 heteroatoms. The number of hydrogen-bond acceptors (Lipinski definition) is 6. The number of aromatic nitrogens is 2. The van der Waals surface area contributed by atoms with Gasteiger partial charge in [0.25, 0.3) is 0 Å². The number of benzene rings is 1. The summed E-state index contributed by atoms with van der Waals surface area (Å²) in [6, 6.07) is 8.58. The molecule has 154 valence electrons. The highest BCUT2D eigenvalue weighted by Gasteiger charge is 2.22. The van der Waals surface area contributed by atoms with Gasteiger partial charge in [-0.1, -0.05) is 0 Å². The van der Waals surface area contributed by atoms with Gasteiger partial charge in [0.1, 0.15) is 17.3 Å². The van der Waals surface area contributed by atoms with E-state index in [1.807, 2.05) is 22.9 Å². The number of rotatable bonds is 7. The van der Waals surface area contributed by atoms with Gasteiger partial charge in [-0.25, -0.2) is 4.98 Å². The number of imidazole rings is 1. The lowest BCUT2D eigenvalue weighted by molar-refractivity contribution is -0.120. The molecule has 0 saturated heterocycles. The van der Waals surface area contributed by atoms with Crippen LogP contribution >= 0.6 is 0 Å². The Morgan fingerprint density at radius 1 is 1.20 bits per heavy atom. The molecule has 1 amide bonds. The smallest absolute Gasteiger partial charge is 0.228 e. The summed E-state index contributed by atoms with van der Waals surface area (Å²) < 4.78 is 18.7. The van der Waals surface area contributed by atoms with Gasteiger partial charge in [-0.05, 0) is 31.2 Å².